The number of halogens is 1. The second kappa shape index (κ2) is 7.46. The Bertz CT molecular complexity index is 808. The van der Waals surface area contributed by atoms with E-state index in [4.69, 9.17) is 30.8 Å². The molecule has 8 heteroatoms. The van der Waals surface area contributed by atoms with Gasteiger partial charge in [0.05, 0.1) is 36.5 Å². The van der Waals surface area contributed by atoms with E-state index in [1.807, 2.05) is 6.07 Å². The number of rotatable bonds is 3. The lowest BCUT2D eigenvalue weighted by molar-refractivity contribution is -0.185. The van der Waals surface area contributed by atoms with Gasteiger partial charge in [0.25, 0.3) is 0 Å². The largest absolute Gasteiger partial charge is 0.378 e. The molecule has 0 saturated carbocycles. The minimum Gasteiger partial charge on any atom is -0.378 e. The molecule has 3 fully saturated rings. The second-order valence-corrected chi connectivity index (χ2v) is 9.10. The second-order valence-electron chi connectivity index (χ2n) is 7.38. The number of thiophene rings is 1. The van der Waals surface area contributed by atoms with Gasteiger partial charge in [-0.25, -0.2) is 4.98 Å². The summed E-state index contributed by atoms with van der Waals surface area (Å²) < 4.78 is 19.2. The van der Waals surface area contributed by atoms with Gasteiger partial charge in [-0.1, -0.05) is 11.6 Å². The van der Waals surface area contributed by atoms with Gasteiger partial charge >= 0.3 is 0 Å². The Kier molecular flexibility index (Phi) is 5.00. The number of ether oxygens (including phenoxy) is 3. The molecule has 0 atom stereocenters. The maximum atomic E-state index is 6.32. The van der Waals surface area contributed by atoms with E-state index in [0.29, 0.717) is 0 Å². The first-order valence-corrected chi connectivity index (χ1v) is 10.8. The van der Waals surface area contributed by atoms with Crippen LogP contribution in [0, 0.1) is 0 Å². The van der Waals surface area contributed by atoms with E-state index in [9.17, 15) is 0 Å². The van der Waals surface area contributed by atoms with Crippen LogP contribution in [0.2, 0.25) is 4.34 Å². The number of fused-ring (bicyclic) bond motifs is 1. The standard InChI is InChI=1S/C19H24ClN3O3S/c20-17-12-15-16(27-17)11-14(21-18(15)23-5-7-24-8-6-23)13-22-3-1-19(2-4-22)25-9-10-26-19/h11-12H,1-10,13H2. The van der Waals surface area contributed by atoms with Crippen molar-refractivity contribution < 1.29 is 14.2 Å². The molecule has 5 rings (SSSR count). The third kappa shape index (κ3) is 3.69. The number of morpholine rings is 1. The van der Waals surface area contributed by atoms with Crippen LogP contribution >= 0.6 is 22.9 Å². The molecule has 0 unspecified atom stereocenters. The molecule has 27 heavy (non-hydrogen) atoms. The maximum absolute atomic E-state index is 6.32. The van der Waals surface area contributed by atoms with E-state index in [1.165, 1.54) is 4.70 Å². The highest BCUT2D eigenvalue weighted by Gasteiger charge is 2.39. The Hall–Kier alpha value is -0.960. The topological polar surface area (TPSA) is 47.1 Å². The molecule has 0 amide bonds. The molecule has 2 aromatic heterocycles. The number of hydrogen-bond acceptors (Lipinski definition) is 7. The summed E-state index contributed by atoms with van der Waals surface area (Å²) in [4.78, 5) is 9.81. The van der Waals surface area contributed by atoms with Crippen LogP contribution in [0.1, 0.15) is 18.5 Å². The first-order chi connectivity index (χ1) is 13.2. The van der Waals surface area contributed by atoms with Crippen molar-refractivity contribution in [2.45, 2.75) is 25.2 Å². The normalized spacial score (nSPS) is 23.5. The van der Waals surface area contributed by atoms with Crippen molar-refractivity contribution in [1.82, 2.24) is 9.88 Å². The molecule has 0 bridgehead atoms. The van der Waals surface area contributed by atoms with E-state index in [0.717, 1.165) is 93.2 Å². The summed E-state index contributed by atoms with van der Waals surface area (Å²) in [5.41, 5.74) is 1.10. The predicted molar refractivity (Wildman–Crippen MR) is 107 cm³/mol. The summed E-state index contributed by atoms with van der Waals surface area (Å²) in [6, 6.07) is 4.24. The fraction of sp³-hybridized carbons (Fsp3) is 0.632. The zero-order valence-corrected chi connectivity index (χ0v) is 16.9. The van der Waals surface area contributed by atoms with Gasteiger partial charge in [-0.2, -0.15) is 0 Å². The van der Waals surface area contributed by atoms with Gasteiger partial charge in [0.15, 0.2) is 5.79 Å². The number of anilines is 1. The van der Waals surface area contributed by atoms with Crippen LogP contribution in [0.15, 0.2) is 12.1 Å². The van der Waals surface area contributed by atoms with Crippen molar-refractivity contribution in [2.75, 3.05) is 57.5 Å². The van der Waals surface area contributed by atoms with Crippen LogP contribution in [0.25, 0.3) is 10.1 Å². The van der Waals surface area contributed by atoms with E-state index < -0.39 is 0 Å². The number of aromatic nitrogens is 1. The van der Waals surface area contributed by atoms with Gasteiger partial charge in [0.2, 0.25) is 0 Å². The van der Waals surface area contributed by atoms with Crippen molar-refractivity contribution in [3.05, 3.63) is 22.2 Å². The summed E-state index contributed by atoms with van der Waals surface area (Å²) >= 11 is 7.95. The van der Waals surface area contributed by atoms with Crippen LogP contribution in [-0.4, -0.2) is 68.3 Å². The van der Waals surface area contributed by atoms with Gasteiger partial charge in [-0.3, -0.25) is 4.90 Å². The molecule has 0 radical (unpaired) electrons. The van der Waals surface area contributed by atoms with Crippen LogP contribution in [-0.2, 0) is 20.8 Å². The number of hydrogen-bond donors (Lipinski definition) is 0. The number of likely N-dealkylation sites (tertiary alicyclic amines) is 1. The van der Waals surface area contributed by atoms with E-state index in [-0.39, 0.29) is 5.79 Å². The average molecular weight is 410 g/mol. The van der Waals surface area contributed by atoms with Crippen LogP contribution in [0.4, 0.5) is 5.82 Å². The zero-order valence-electron chi connectivity index (χ0n) is 15.3. The van der Waals surface area contributed by atoms with Gasteiger partial charge in [-0.05, 0) is 12.1 Å². The van der Waals surface area contributed by atoms with Crippen molar-refractivity contribution >= 4 is 38.8 Å². The lowest BCUT2D eigenvalue weighted by atomic mass is 10.0. The van der Waals surface area contributed by atoms with E-state index >= 15 is 0 Å². The third-order valence-corrected chi connectivity index (χ3v) is 6.86. The summed E-state index contributed by atoms with van der Waals surface area (Å²) in [6.45, 7) is 7.48. The molecular weight excluding hydrogens is 386 g/mol. The molecular formula is C19H24ClN3O3S. The smallest absolute Gasteiger partial charge is 0.170 e. The molecule has 0 aliphatic carbocycles. The molecule has 1 spiro atoms. The van der Waals surface area contributed by atoms with Crippen molar-refractivity contribution in [2.24, 2.45) is 0 Å². The van der Waals surface area contributed by atoms with Crippen molar-refractivity contribution in [3.8, 4) is 0 Å². The Balaban J connectivity index is 1.37. The fourth-order valence-corrected chi connectivity index (χ4v) is 5.40. The quantitative estimate of drug-likeness (QED) is 0.776. The minimum absolute atomic E-state index is 0.325. The summed E-state index contributed by atoms with van der Waals surface area (Å²) in [6.07, 6.45) is 1.85. The predicted octanol–water partition coefficient (Wildman–Crippen LogP) is 3.13. The third-order valence-electron chi connectivity index (χ3n) is 5.65. The maximum Gasteiger partial charge on any atom is 0.170 e. The number of pyridine rings is 1. The molecule has 0 aromatic carbocycles. The van der Waals surface area contributed by atoms with E-state index in [2.05, 4.69) is 15.9 Å². The number of piperidine rings is 1. The van der Waals surface area contributed by atoms with Gasteiger partial charge in [0.1, 0.15) is 5.82 Å². The summed E-state index contributed by atoms with van der Waals surface area (Å²) in [5, 5.41) is 1.15. The zero-order chi connectivity index (χ0) is 18.3. The monoisotopic (exact) mass is 409 g/mol. The SMILES string of the molecule is Clc1cc2c(N3CCOCC3)nc(CN3CCC4(CC3)OCCO4)cc2s1. The van der Waals surface area contributed by atoms with Crippen LogP contribution < -0.4 is 4.90 Å². The van der Waals surface area contributed by atoms with Crippen LogP contribution in [0.5, 0.6) is 0 Å². The van der Waals surface area contributed by atoms with Gasteiger partial charge in [-0.15, -0.1) is 11.3 Å². The van der Waals surface area contributed by atoms with Gasteiger partial charge < -0.3 is 19.1 Å². The summed E-state index contributed by atoms with van der Waals surface area (Å²) in [5.74, 6) is 0.721. The highest BCUT2D eigenvalue weighted by atomic mass is 35.5. The minimum atomic E-state index is -0.325. The molecule has 6 nitrogen and oxygen atoms in total. The molecule has 3 aliphatic heterocycles. The molecule has 3 aliphatic rings. The van der Waals surface area contributed by atoms with E-state index in [1.54, 1.807) is 11.3 Å². The lowest BCUT2D eigenvalue weighted by Crippen LogP contribution is -2.44. The Morgan fingerprint density at radius 1 is 1.04 bits per heavy atom. The number of nitrogens with zero attached hydrogens (tertiary/aromatic N) is 3. The van der Waals surface area contributed by atoms with Crippen molar-refractivity contribution in [3.63, 3.8) is 0 Å². The molecule has 2 aromatic rings. The van der Waals surface area contributed by atoms with Crippen LogP contribution in [0.3, 0.4) is 0 Å². The first kappa shape index (κ1) is 18.1. The molecule has 0 N–H and O–H groups in total. The lowest BCUT2D eigenvalue weighted by Gasteiger charge is -2.37. The Labute approximate surface area is 167 Å². The summed E-state index contributed by atoms with van der Waals surface area (Å²) in [7, 11) is 0. The highest BCUT2D eigenvalue weighted by molar-refractivity contribution is 7.22. The molecule has 146 valence electrons. The first-order valence-electron chi connectivity index (χ1n) is 9.63. The molecule has 5 heterocycles. The van der Waals surface area contributed by atoms with Gasteiger partial charge in [0, 0.05) is 55.7 Å². The van der Waals surface area contributed by atoms with Crippen molar-refractivity contribution in [1.29, 1.82) is 0 Å². The fourth-order valence-electron chi connectivity index (χ4n) is 4.20. The Morgan fingerprint density at radius 3 is 2.52 bits per heavy atom. The average Bonchev–Trinajstić information content (AvgIpc) is 3.30. The Morgan fingerprint density at radius 2 is 1.78 bits per heavy atom. The highest BCUT2D eigenvalue weighted by Crippen LogP contribution is 2.36. The molecule has 3 saturated heterocycles.